The van der Waals surface area contributed by atoms with Gasteiger partial charge < -0.3 is 10.2 Å². The second kappa shape index (κ2) is 13.6. The van der Waals surface area contributed by atoms with Crippen molar-refractivity contribution in [3.63, 3.8) is 0 Å². The lowest BCUT2D eigenvalue weighted by Gasteiger charge is -2.34. The Hall–Kier alpha value is -1.42. The van der Waals surface area contributed by atoms with Crippen molar-refractivity contribution in [1.29, 1.82) is 0 Å². The molecule has 2 aromatic rings. The van der Waals surface area contributed by atoms with Crippen LogP contribution in [0.15, 0.2) is 30.3 Å². The Morgan fingerprint density at radius 1 is 0.919 bits per heavy atom. The van der Waals surface area contributed by atoms with E-state index >= 15 is 0 Å². The van der Waals surface area contributed by atoms with Gasteiger partial charge in [-0.2, -0.15) is 0 Å². The van der Waals surface area contributed by atoms with Crippen LogP contribution in [-0.4, -0.2) is 50.0 Å². The normalized spacial score (nSPS) is 13.1. The minimum atomic E-state index is -4.02. The topological polar surface area (TPSA) is 86.8 Å². The standard InChI is InChI=1S/C24H28Cl5N3O4S/c1-5-14(3)30-24(34)21(6-2)31(12-15-16(25)8-7-9-17(15)26)23(33)13-32(37(4,35)36)22-11-19(28)18(27)10-20(22)29/h7-11,14,21H,5-6,12-13H2,1-4H3,(H,30,34). The number of sulfonamides is 1. The van der Waals surface area contributed by atoms with Crippen LogP contribution in [0, 0.1) is 0 Å². The first-order valence-corrected chi connectivity index (χ1v) is 15.1. The molecule has 0 aromatic heterocycles. The fourth-order valence-electron chi connectivity index (χ4n) is 3.51. The predicted octanol–water partition coefficient (Wildman–Crippen LogP) is 6.44. The zero-order chi connectivity index (χ0) is 28.1. The van der Waals surface area contributed by atoms with E-state index in [0.29, 0.717) is 22.0 Å². The molecule has 0 saturated carbocycles. The summed E-state index contributed by atoms with van der Waals surface area (Å²) in [6, 6.07) is 6.38. The van der Waals surface area contributed by atoms with Crippen LogP contribution >= 0.6 is 58.0 Å². The van der Waals surface area contributed by atoms with E-state index in [4.69, 9.17) is 58.0 Å². The van der Waals surface area contributed by atoms with E-state index in [2.05, 4.69) is 5.32 Å². The third kappa shape index (κ3) is 8.28. The molecule has 2 aromatic carbocycles. The van der Waals surface area contributed by atoms with Gasteiger partial charge in [0.05, 0.1) is 27.0 Å². The van der Waals surface area contributed by atoms with Crippen LogP contribution in [-0.2, 0) is 26.2 Å². The lowest BCUT2D eigenvalue weighted by atomic mass is 10.1. The minimum Gasteiger partial charge on any atom is -0.352 e. The summed E-state index contributed by atoms with van der Waals surface area (Å²) >= 11 is 31.1. The summed E-state index contributed by atoms with van der Waals surface area (Å²) in [6.07, 6.45) is 1.87. The summed E-state index contributed by atoms with van der Waals surface area (Å²) in [5.41, 5.74) is 0.396. The molecule has 0 fully saturated rings. The highest BCUT2D eigenvalue weighted by atomic mass is 35.5. The maximum absolute atomic E-state index is 13.8. The van der Waals surface area contributed by atoms with Crippen LogP contribution < -0.4 is 9.62 Å². The highest BCUT2D eigenvalue weighted by Gasteiger charge is 2.33. The number of amides is 2. The Labute approximate surface area is 243 Å². The number of hydrogen-bond acceptors (Lipinski definition) is 4. The SMILES string of the molecule is CCC(C)NC(=O)C(CC)N(Cc1c(Cl)cccc1Cl)C(=O)CN(c1cc(Cl)c(Cl)cc1Cl)S(C)(=O)=O. The van der Waals surface area contributed by atoms with Crippen molar-refractivity contribution in [1.82, 2.24) is 10.2 Å². The highest BCUT2D eigenvalue weighted by molar-refractivity contribution is 7.92. The molecule has 0 aliphatic rings. The quantitative estimate of drug-likeness (QED) is 0.289. The lowest BCUT2D eigenvalue weighted by molar-refractivity contribution is -0.140. The maximum Gasteiger partial charge on any atom is 0.244 e. The summed E-state index contributed by atoms with van der Waals surface area (Å²) in [7, 11) is -4.02. The molecule has 0 aliphatic heterocycles. The van der Waals surface area contributed by atoms with E-state index in [9.17, 15) is 18.0 Å². The number of carbonyl (C=O) groups excluding carboxylic acids is 2. The van der Waals surface area contributed by atoms with Crippen LogP contribution in [0.3, 0.4) is 0 Å². The van der Waals surface area contributed by atoms with Gasteiger partial charge >= 0.3 is 0 Å². The van der Waals surface area contributed by atoms with E-state index in [1.807, 2.05) is 13.8 Å². The fraction of sp³-hybridized carbons (Fsp3) is 0.417. The van der Waals surface area contributed by atoms with Crippen molar-refractivity contribution in [2.45, 2.75) is 52.2 Å². The first-order valence-electron chi connectivity index (χ1n) is 11.4. The Bertz CT molecular complexity index is 1240. The molecule has 2 amide bonds. The lowest BCUT2D eigenvalue weighted by Crippen LogP contribution is -2.53. The van der Waals surface area contributed by atoms with Crippen LogP contribution in [0.25, 0.3) is 0 Å². The van der Waals surface area contributed by atoms with E-state index in [1.165, 1.54) is 17.0 Å². The summed E-state index contributed by atoms with van der Waals surface area (Å²) in [5, 5.41) is 3.65. The largest absolute Gasteiger partial charge is 0.352 e. The van der Waals surface area contributed by atoms with Gasteiger partial charge in [0.25, 0.3) is 0 Å². The molecule has 204 valence electrons. The van der Waals surface area contributed by atoms with Crippen LogP contribution in [0.2, 0.25) is 25.1 Å². The zero-order valence-corrected chi connectivity index (χ0v) is 25.3. The number of nitrogens with zero attached hydrogens (tertiary/aromatic N) is 2. The first kappa shape index (κ1) is 31.8. The summed E-state index contributed by atoms with van der Waals surface area (Å²) < 4.78 is 26.3. The molecule has 0 bridgehead atoms. The maximum atomic E-state index is 13.8. The van der Waals surface area contributed by atoms with Gasteiger partial charge in [0, 0.05) is 28.2 Å². The predicted molar refractivity (Wildman–Crippen MR) is 153 cm³/mol. The van der Waals surface area contributed by atoms with Crippen LogP contribution in [0.4, 0.5) is 5.69 Å². The van der Waals surface area contributed by atoms with Gasteiger partial charge in [0.1, 0.15) is 12.6 Å². The molecule has 0 heterocycles. The monoisotopic (exact) mass is 629 g/mol. The van der Waals surface area contributed by atoms with E-state index in [-0.39, 0.29) is 45.7 Å². The Morgan fingerprint density at radius 2 is 1.49 bits per heavy atom. The minimum absolute atomic E-state index is 0.0186. The van der Waals surface area contributed by atoms with Gasteiger partial charge in [-0.1, -0.05) is 77.9 Å². The van der Waals surface area contributed by atoms with Crippen molar-refractivity contribution in [3.05, 3.63) is 61.0 Å². The number of hydrogen-bond donors (Lipinski definition) is 1. The first-order chi connectivity index (χ1) is 17.2. The van der Waals surface area contributed by atoms with Gasteiger partial charge in [-0.25, -0.2) is 8.42 Å². The number of carbonyl (C=O) groups is 2. The molecule has 0 saturated heterocycles. The Kier molecular flexibility index (Phi) is 11.7. The number of nitrogens with one attached hydrogen (secondary N) is 1. The number of anilines is 1. The second-order valence-electron chi connectivity index (χ2n) is 8.45. The molecular formula is C24H28Cl5N3O4S. The van der Waals surface area contributed by atoms with Crippen molar-refractivity contribution in [3.8, 4) is 0 Å². The number of halogens is 5. The second-order valence-corrected chi connectivity index (χ2v) is 12.4. The van der Waals surface area contributed by atoms with Crippen molar-refractivity contribution in [2.24, 2.45) is 0 Å². The molecule has 37 heavy (non-hydrogen) atoms. The zero-order valence-electron chi connectivity index (χ0n) is 20.7. The summed E-state index contributed by atoms with van der Waals surface area (Å²) in [6.45, 7) is 4.73. The molecule has 7 nitrogen and oxygen atoms in total. The van der Waals surface area contributed by atoms with E-state index in [1.54, 1.807) is 25.1 Å². The van der Waals surface area contributed by atoms with Crippen LogP contribution in [0.1, 0.15) is 39.2 Å². The Balaban J connectivity index is 2.57. The summed E-state index contributed by atoms with van der Waals surface area (Å²) in [5.74, 6) is -1.05. The van der Waals surface area contributed by atoms with Gasteiger partial charge in [-0.05, 0) is 44.0 Å². The molecule has 2 rings (SSSR count). The molecule has 0 radical (unpaired) electrons. The molecular weight excluding hydrogens is 604 g/mol. The third-order valence-electron chi connectivity index (χ3n) is 5.71. The van der Waals surface area contributed by atoms with Crippen molar-refractivity contribution < 1.29 is 18.0 Å². The molecule has 2 atom stereocenters. The average molecular weight is 632 g/mol. The molecule has 0 spiro atoms. The van der Waals surface area contributed by atoms with Gasteiger partial charge in [-0.3, -0.25) is 13.9 Å². The number of rotatable bonds is 11. The number of benzene rings is 2. The molecule has 1 N–H and O–H groups in total. The van der Waals surface area contributed by atoms with Gasteiger partial charge in [0.2, 0.25) is 21.8 Å². The average Bonchev–Trinajstić information content (AvgIpc) is 2.80. The molecule has 0 aliphatic carbocycles. The molecule has 13 heteroatoms. The fourth-order valence-corrected chi connectivity index (χ4v) is 5.58. The summed E-state index contributed by atoms with van der Waals surface area (Å²) in [4.78, 5) is 28.2. The highest BCUT2D eigenvalue weighted by Crippen LogP contribution is 2.36. The van der Waals surface area contributed by atoms with Gasteiger partial charge in [0.15, 0.2) is 0 Å². The third-order valence-corrected chi connectivity index (χ3v) is 8.57. The van der Waals surface area contributed by atoms with E-state index in [0.717, 1.165) is 10.6 Å². The Morgan fingerprint density at radius 3 is 2.00 bits per heavy atom. The van der Waals surface area contributed by atoms with Gasteiger partial charge in [-0.15, -0.1) is 0 Å². The molecule has 2 unspecified atom stereocenters. The van der Waals surface area contributed by atoms with Crippen molar-refractivity contribution in [2.75, 3.05) is 17.1 Å². The van der Waals surface area contributed by atoms with Crippen LogP contribution in [0.5, 0.6) is 0 Å². The smallest absolute Gasteiger partial charge is 0.244 e. The van der Waals surface area contributed by atoms with Crippen molar-refractivity contribution >= 4 is 85.5 Å². The van der Waals surface area contributed by atoms with E-state index < -0.39 is 28.5 Å².